The van der Waals surface area contributed by atoms with Crippen LogP contribution in [0.4, 0.5) is 0 Å². The molecule has 0 amide bonds. The number of hydrogen-bond donors (Lipinski definition) is 3. The normalized spacial score (nSPS) is 28.0. The number of imidazole rings is 1. The summed E-state index contributed by atoms with van der Waals surface area (Å²) in [5.74, 6) is 0.394. The van der Waals surface area contributed by atoms with E-state index < -0.39 is 39.0 Å². The summed E-state index contributed by atoms with van der Waals surface area (Å²) < 4.78 is 21.5. The first-order valence-electron chi connectivity index (χ1n) is 6.95. The minimum atomic E-state index is -5.21. The van der Waals surface area contributed by atoms with E-state index in [2.05, 4.69) is 14.5 Å². The quantitative estimate of drug-likeness (QED) is 0.320. The van der Waals surface area contributed by atoms with Crippen LogP contribution in [0.25, 0.3) is 5.82 Å². The SMILES string of the molecule is CN1CN=c2c(ncn2[C@@H]2O[C@H](COP(=O)([O-])[O-])[C@@H](O)[C@H]2O)=C1N.[Na+].[Na+]. The van der Waals surface area contributed by atoms with Gasteiger partial charge in [-0.1, -0.05) is 0 Å². The molecule has 0 unspecified atom stereocenters. The Kier molecular flexibility index (Phi) is 8.78. The molecule has 2 aliphatic heterocycles. The maximum Gasteiger partial charge on any atom is 1.00 e. The Hall–Kier alpha value is 0.470. The number of aliphatic hydroxyl groups excluding tert-OH is 2. The maximum atomic E-state index is 10.5. The molecule has 0 saturated carbocycles. The van der Waals surface area contributed by atoms with Crippen LogP contribution >= 0.6 is 7.82 Å². The fourth-order valence-electron chi connectivity index (χ4n) is 2.57. The first-order valence-corrected chi connectivity index (χ1v) is 8.41. The minimum Gasteiger partial charge on any atom is -0.790 e. The van der Waals surface area contributed by atoms with Gasteiger partial charge in [-0.05, 0) is 0 Å². The second-order valence-corrected chi connectivity index (χ2v) is 6.65. The number of nitrogens with zero attached hydrogens (tertiary/aromatic N) is 4. The Bertz CT molecular complexity index is 801. The van der Waals surface area contributed by atoms with Gasteiger partial charge in [0.25, 0.3) is 0 Å². The molecule has 1 aromatic rings. The summed E-state index contributed by atoms with van der Waals surface area (Å²) in [6.07, 6.45) is -3.79. The van der Waals surface area contributed by atoms with Crippen molar-refractivity contribution in [3.63, 3.8) is 0 Å². The first kappa shape index (κ1) is 24.5. The third-order valence-electron chi connectivity index (χ3n) is 3.86. The molecule has 12 nitrogen and oxygen atoms in total. The van der Waals surface area contributed by atoms with Gasteiger partial charge in [0.05, 0.1) is 20.8 Å². The van der Waals surface area contributed by atoms with Crippen molar-refractivity contribution in [2.24, 2.45) is 10.7 Å². The zero-order valence-electron chi connectivity index (χ0n) is 14.6. The second kappa shape index (κ2) is 9.31. The Labute approximate surface area is 192 Å². The molecule has 3 rings (SSSR count). The van der Waals surface area contributed by atoms with Crippen molar-refractivity contribution in [3.8, 4) is 0 Å². The zero-order valence-corrected chi connectivity index (χ0v) is 19.4. The van der Waals surface area contributed by atoms with Crippen LogP contribution in [-0.4, -0.2) is 63.3 Å². The van der Waals surface area contributed by atoms with Crippen LogP contribution in [0.5, 0.6) is 0 Å². The third kappa shape index (κ3) is 4.90. The summed E-state index contributed by atoms with van der Waals surface area (Å²) in [5, 5.41) is 20.5. The molecule has 1 saturated heterocycles. The molecule has 0 bridgehead atoms. The predicted molar refractivity (Wildman–Crippen MR) is 72.7 cm³/mol. The van der Waals surface area contributed by atoms with E-state index in [0.717, 1.165) is 0 Å². The van der Waals surface area contributed by atoms with Crippen molar-refractivity contribution >= 4 is 13.6 Å². The number of aliphatic hydroxyl groups is 2. The zero-order chi connectivity index (χ0) is 17.6. The van der Waals surface area contributed by atoms with Gasteiger partial charge in [0.15, 0.2) is 11.7 Å². The van der Waals surface area contributed by atoms with Gasteiger partial charge in [-0.2, -0.15) is 0 Å². The van der Waals surface area contributed by atoms with Gasteiger partial charge in [0, 0.05) is 7.05 Å². The van der Waals surface area contributed by atoms with Gasteiger partial charge in [-0.3, -0.25) is 4.57 Å². The molecule has 1 fully saturated rings. The fraction of sp³-hybridized carbons (Fsp3) is 0.636. The maximum absolute atomic E-state index is 10.5. The van der Waals surface area contributed by atoms with E-state index in [-0.39, 0.29) is 65.8 Å². The molecule has 134 valence electrons. The molecule has 4 atom stereocenters. The monoisotopic (exact) mass is 407 g/mol. The number of fused-ring (bicyclic) bond motifs is 1. The van der Waals surface area contributed by atoms with Crippen LogP contribution in [0.3, 0.4) is 0 Å². The average Bonchev–Trinajstić information content (AvgIpc) is 3.04. The van der Waals surface area contributed by atoms with Crippen molar-refractivity contribution < 1.29 is 92.9 Å². The molecule has 0 aromatic carbocycles. The summed E-state index contributed by atoms with van der Waals surface area (Å²) in [4.78, 5) is 31.2. The van der Waals surface area contributed by atoms with E-state index in [0.29, 0.717) is 16.7 Å². The molecule has 1 aromatic heterocycles. The molecule has 15 heteroatoms. The molecule has 0 radical (unpaired) electrons. The van der Waals surface area contributed by atoms with E-state index in [1.807, 2.05) is 0 Å². The van der Waals surface area contributed by atoms with E-state index in [1.54, 1.807) is 11.9 Å². The second-order valence-electron chi connectivity index (χ2n) is 5.50. The third-order valence-corrected chi connectivity index (χ3v) is 4.33. The predicted octanol–water partition coefficient (Wildman–Crippen LogP) is -11.1. The van der Waals surface area contributed by atoms with Crippen molar-refractivity contribution in [1.29, 1.82) is 0 Å². The van der Waals surface area contributed by atoms with E-state index >= 15 is 0 Å². The minimum absolute atomic E-state index is 0. The van der Waals surface area contributed by atoms with Gasteiger partial charge in [0.1, 0.15) is 36.2 Å². The number of ether oxygens (including phenoxy) is 1. The summed E-state index contributed by atoms with van der Waals surface area (Å²) in [7, 11) is -3.47. The van der Waals surface area contributed by atoms with Crippen LogP contribution in [0.2, 0.25) is 0 Å². The van der Waals surface area contributed by atoms with Crippen LogP contribution in [-0.2, 0) is 13.8 Å². The van der Waals surface area contributed by atoms with E-state index in [4.69, 9.17) is 10.5 Å². The van der Waals surface area contributed by atoms with Crippen LogP contribution < -0.4 is 85.5 Å². The molecule has 2 aliphatic rings. The summed E-state index contributed by atoms with van der Waals surface area (Å²) in [6, 6.07) is 0. The Balaban J connectivity index is 0.00000169. The van der Waals surface area contributed by atoms with E-state index in [1.165, 1.54) is 10.9 Å². The molecular weight excluding hydrogens is 391 g/mol. The number of rotatable bonds is 4. The molecule has 4 N–H and O–H groups in total. The summed E-state index contributed by atoms with van der Waals surface area (Å²) in [6.45, 7) is -0.429. The largest absolute Gasteiger partial charge is 1.00 e. The van der Waals surface area contributed by atoms with Gasteiger partial charge in [-0.15, -0.1) is 0 Å². The van der Waals surface area contributed by atoms with Crippen LogP contribution in [0, 0.1) is 0 Å². The first-order chi connectivity index (χ1) is 11.2. The van der Waals surface area contributed by atoms with Crippen LogP contribution in [0.1, 0.15) is 6.23 Å². The summed E-state index contributed by atoms with van der Waals surface area (Å²) in [5.41, 5.74) is 6.28. The number of aromatic nitrogens is 2. The smallest absolute Gasteiger partial charge is 0.790 e. The van der Waals surface area contributed by atoms with Crippen molar-refractivity contribution in [3.05, 3.63) is 17.2 Å². The van der Waals surface area contributed by atoms with Crippen LogP contribution in [0.15, 0.2) is 11.3 Å². The molecule has 26 heavy (non-hydrogen) atoms. The Morgan fingerprint density at radius 1 is 1.42 bits per heavy atom. The molecule has 0 aliphatic carbocycles. The number of phosphoric ester groups is 1. The Morgan fingerprint density at radius 2 is 2.08 bits per heavy atom. The van der Waals surface area contributed by atoms with Gasteiger partial charge in [0.2, 0.25) is 0 Å². The van der Waals surface area contributed by atoms with Crippen molar-refractivity contribution in [2.45, 2.75) is 24.5 Å². The standard InChI is InChI=1S/C11H18N5O7P.2Na/c1-15-3-14-10-6(9(15)12)13-4-16(10)11-8(18)7(17)5(23-11)2-22-24(19,20)21;;/h4-5,7-8,11,17-18H,2-3,12H2,1H3,(H2,19,20,21);;/q;2*+1/p-2/t5-,7-,8-,11-;;/m1../s1. The average molecular weight is 407 g/mol. The molecule has 0 spiro atoms. The van der Waals surface area contributed by atoms with Crippen molar-refractivity contribution in [1.82, 2.24) is 14.5 Å². The summed E-state index contributed by atoms with van der Waals surface area (Å²) >= 11 is 0. The van der Waals surface area contributed by atoms with Crippen molar-refractivity contribution in [2.75, 3.05) is 20.3 Å². The number of nitrogens with two attached hydrogens (primary N) is 1. The van der Waals surface area contributed by atoms with E-state index in [9.17, 15) is 24.6 Å². The van der Waals surface area contributed by atoms with Gasteiger partial charge in [-0.25, -0.2) is 9.98 Å². The van der Waals surface area contributed by atoms with Gasteiger partial charge >= 0.3 is 59.1 Å². The molecular formula is C11H16N5Na2O7P. The molecule has 3 heterocycles. The topological polar surface area (TPSA) is 182 Å². The van der Waals surface area contributed by atoms with Gasteiger partial charge < -0.3 is 44.5 Å². The fourth-order valence-corrected chi connectivity index (χ4v) is 2.90. The Morgan fingerprint density at radius 3 is 2.69 bits per heavy atom. The number of phosphoric acid groups is 1. The number of hydrogen-bond acceptors (Lipinski definition) is 11.